The van der Waals surface area contributed by atoms with Crippen LogP contribution in [-0.4, -0.2) is 41.0 Å². The molecular weight excluding hydrogens is 268 g/mol. The fourth-order valence-electron chi connectivity index (χ4n) is 2.82. The number of carbonyl (C=O) groups excluding carboxylic acids is 2. The standard InChI is InChI=1S/C16H24N2O3/c1-3-9-17-10-6-8-14(17)15(19)18-11-5-7-13(12-18)16(20)21-4-2/h6,8,10,13H,3-5,7,9,11-12H2,1-2H3/t13-/m0/s1. The zero-order valence-corrected chi connectivity index (χ0v) is 12.9. The van der Waals surface area contributed by atoms with Crippen molar-refractivity contribution in [2.75, 3.05) is 19.7 Å². The highest BCUT2D eigenvalue weighted by Crippen LogP contribution is 2.20. The van der Waals surface area contributed by atoms with Crippen LogP contribution in [0.15, 0.2) is 18.3 Å². The normalized spacial score (nSPS) is 18.6. The largest absolute Gasteiger partial charge is 0.466 e. The first kappa shape index (κ1) is 15.6. The van der Waals surface area contributed by atoms with E-state index in [1.165, 1.54) is 0 Å². The Morgan fingerprint density at radius 2 is 2.19 bits per heavy atom. The number of likely N-dealkylation sites (tertiary alicyclic amines) is 1. The van der Waals surface area contributed by atoms with Gasteiger partial charge in [0, 0.05) is 25.8 Å². The number of piperidine rings is 1. The Morgan fingerprint density at radius 1 is 1.38 bits per heavy atom. The summed E-state index contributed by atoms with van der Waals surface area (Å²) >= 11 is 0. The summed E-state index contributed by atoms with van der Waals surface area (Å²) in [7, 11) is 0. The lowest BCUT2D eigenvalue weighted by Crippen LogP contribution is -2.43. The van der Waals surface area contributed by atoms with Crippen LogP contribution < -0.4 is 0 Å². The van der Waals surface area contributed by atoms with Gasteiger partial charge in [0.1, 0.15) is 5.69 Å². The van der Waals surface area contributed by atoms with Gasteiger partial charge in [-0.2, -0.15) is 0 Å². The molecule has 5 heteroatoms. The number of nitrogens with zero attached hydrogens (tertiary/aromatic N) is 2. The van der Waals surface area contributed by atoms with Gasteiger partial charge in [-0.3, -0.25) is 9.59 Å². The number of hydrogen-bond acceptors (Lipinski definition) is 3. The number of carbonyl (C=O) groups is 2. The molecule has 0 unspecified atom stereocenters. The van der Waals surface area contributed by atoms with E-state index in [-0.39, 0.29) is 17.8 Å². The van der Waals surface area contributed by atoms with E-state index in [4.69, 9.17) is 4.74 Å². The minimum Gasteiger partial charge on any atom is -0.466 e. The number of amides is 1. The number of hydrogen-bond donors (Lipinski definition) is 0. The molecule has 1 aliphatic rings. The maximum Gasteiger partial charge on any atom is 0.310 e. The van der Waals surface area contributed by atoms with Gasteiger partial charge in [-0.25, -0.2) is 0 Å². The molecule has 1 amide bonds. The maximum atomic E-state index is 12.6. The second-order valence-electron chi connectivity index (χ2n) is 5.43. The monoisotopic (exact) mass is 292 g/mol. The molecule has 2 rings (SSSR count). The average molecular weight is 292 g/mol. The van der Waals surface area contributed by atoms with Gasteiger partial charge in [-0.1, -0.05) is 6.92 Å². The number of esters is 1. The Hall–Kier alpha value is -1.78. The van der Waals surface area contributed by atoms with Crippen molar-refractivity contribution in [3.05, 3.63) is 24.0 Å². The minimum atomic E-state index is -0.183. The van der Waals surface area contributed by atoms with Crippen LogP contribution in [0.25, 0.3) is 0 Å². The number of rotatable bonds is 5. The van der Waals surface area contributed by atoms with E-state index >= 15 is 0 Å². The molecule has 1 saturated heterocycles. The lowest BCUT2D eigenvalue weighted by molar-refractivity contribution is -0.149. The third kappa shape index (κ3) is 3.65. The summed E-state index contributed by atoms with van der Waals surface area (Å²) in [5.41, 5.74) is 0.710. The van der Waals surface area contributed by atoms with E-state index in [9.17, 15) is 9.59 Å². The summed E-state index contributed by atoms with van der Waals surface area (Å²) in [6, 6.07) is 3.75. The van der Waals surface area contributed by atoms with Gasteiger partial charge >= 0.3 is 5.97 Å². The van der Waals surface area contributed by atoms with Gasteiger partial charge in [0.25, 0.3) is 5.91 Å². The van der Waals surface area contributed by atoms with Crippen LogP contribution in [0.4, 0.5) is 0 Å². The second kappa shape index (κ2) is 7.29. The summed E-state index contributed by atoms with van der Waals surface area (Å²) in [5, 5.41) is 0. The molecule has 116 valence electrons. The number of ether oxygens (including phenoxy) is 1. The van der Waals surface area contributed by atoms with E-state index in [2.05, 4.69) is 6.92 Å². The molecule has 1 aromatic rings. The highest BCUT2D eigenvalue weighted by Gasteiger charge is 2.30. The molecule has 21 heavy (non-hydrogen) atoms. The van der Waals surface area contributed by atoms with Gasteiger partial charge in [0.05, 0.1) is 12.5 Å². The molecule has 1 aromatic heterocycles. The van der Waals surface area contributed by atoms with Crippen molar-refractivity contribution in [3.63, 3.8) is 0 Å². The van der Waals surface area contributed by atoms with E-state index in [0.29, 0.717) is 25.4 Å². The Bertz CT molecular complexity index is 495. The first-order chi connectivity index (χ1) is 10.2. The van der Waals surface area contributed by atoms with E-state index in [1.54, 1.807) is 11.8 Å². The number of aryl methyl sites for hydroxylation is 1. The van der Waals surface area contributed by atoms with Crippen LogP contribution >= 0.6 is 0 Å². The van der Waals surface area contributed by atoms with Gasteiger partial charge in [-0.15, -0.1) is 0 Å². The summed E-state index contributed by atoms with van der Waals surface area (Å²) < 4.78 is 7.06. The average Bonchev–Trinajstić information content (AvgIpc) is 2.95. The zero-order valence-electron chi connectivity index (χ0n) is 12.9. The third-order valence-electron chi connectivity index (χ3n) is 3.84. The number of aromatic nitrogens is 1. The van der Waals surface area contributed by atoms with Crippen molar-refractivity contribution < 1.29 is 14.3 Å². The van der Waals surface area contributed by atoms with Crippen molar-refractivity contribution in [3.8, 4) is 0 Å². The van der Waals surface area contributed by atoms with Gasteiger partial charge in [0.15, 0.2) is 0 Å². The van der Waals surface area contributed by atoms with E-state index in [1.807, 2.05) is 22.9 Å². The van der Waals surface area contributed by atoms with E-state index < -0.39 is 0 Å². The molecule has 2 heterocycles. The minimum absolute atomic E-state index is 0.0162. The quantitative estimate of drug-likeness (QED) is 0.783. The Kier molecular flexibility index (Phi) is 5.42. The van der Waals surface area contributed by atoms with Gasteiger partial charge < -0.3 is 14.2 Å². The smallest absolute Gasteiger partial charge is 0.310 e. The zero-order chi connectivity index (χ0) is 15.2. The van der Waals surface area contributed by atoms with Gasteiger partial charge in [0.2, 0.25) is 0 Å². The molecule has 5 nitrogen and oxygen atoms in total. The van der Waals surface area contributed by atoms with Crippen LogP contribution in [0.2, 0.25) is 0 Å². The van der Waals surface area contributed by atoms with Gasteiger partial charge in [-0.05, 0) is 38.3 Å². The summed E-state index contributed by atoms with van der Waals surface area (Å²) in [4.78, 5) is 26.3. The third-order valence-corrected chi connectivity index (χ3v) is 3.84. The molecule has 0 spiro atoms. The molecule has 1 atom stereocenters. The van der Waals surface area contributed by atoms with Crippen molar-refractivity contribution in [1.82, 2.24) is 9.47 Å². The predicted molar refractivity (Wildman–Crippen MR) is 80.0 cm³/mol. The van der Waals surface area contributed by atoms with Crippen LogP contribution in [0.1, 0.15) is 43.6 Å². The first-order valence-corrected chi connectivity index (χ1v) is 7.78. The lowest BCUT2D eigenvalue weighted by atomic mass is 9.98. The van der Waals surface area contributed by atoms with Crippen LogP contribution in [0.5, 0.6) is 0 Å². The fraction of sp³-hybridized carbons (Fsp3) is 0.625. The van der Waals surface area contributed by atoms with Crippen molar-refractivity contribution in [2.45, 2.75) is 39.7 Å². The predicted octanol–water partition coefficient (Wildman–Crippen LogP) is 2.31. The first-order valence-electron chi connectivity index (χ1n) is 7.78. The van der Waals surface area contributed by atoms with Crippen molar-refractivity contribution in [2.24, 2.45) is 5.92 Å². The summed E-state index contributed by atoms with van der Waals surface area (Å²) in [6.07, 6.45) is 4.58. The molecule has 0 N–H and O–H groups in total. The highest BCUT2D eigenvalue weighted by atomic mass is 16.5. The summed E-state index contributed by atoms with van der Waals surface area (Å²) in [6.45, 7) is 6.31. The second-order valence-corrected chi connectivity index (χ2v) is 5.43. The molecule has 0 radical (unpaired) electrons. The molecular formula is C16H24N2O3. The summed E-state index contributed by atoms with van der Waals surface area (Å²) in [5.74, 6) is -0.348. The Balaban J connectivity index is 2.05. The topological polar surface area (TPSA) is 51.5 Å². The van der Waals surface area contributed by atoms with E-state index in [0.717, 1.165) is 25.8 Å². The molecule has 0 bridgehead atoms. The molecule has 1 aliphatic heterocycles. The van der Waals surface area contributed by atoms with Crippen molar-refractivity contribution >= 4 is 11.9 Å². The SMILES string of the molecule is CCCn1cccc1C(=O)N1CCC[C@H](C(=O)OCC)C1. The molecule has 1 fully saturated rings. The van der Waals surface area contributed by atoms with Crippen LogP contribution in [0, 0.1) is 5.92 Å². The highest BCUT2D eigenvalue weighted by molar-refractivity contribution is 5.93. The Labute approximate surface area is 125 Å². The van der Waals surface area contributed by atoms with Crippen LogP contribution in [0.3, 0.4) is 0 Å². The molecule has 0 saturated carbocycles. The molecule has 0 aliphatic carbocycles. The Morgan fingerprint density at radius 3 is 2.90 bits per heavy atom. The lowest BCUT2D eigenvalue weighted by Gasteiger charge is -2.31. The fourth-order valence-corrected chi connectivity index (χ4v) is 2.82. The maximum absolute atomic E-state index is 12.6. The van der Waals surface area contributed by atoms with Crippen LogP contribution in [-0.2, 0) is 16.1 Å². The molecule has 0 aromatic carbocycles. The van der Waals surface area contributed by atoms with Crippen molar-refractivity contribution in [1.29, 1.82) is 0 Å².